The van der Waals surface area contributed by atoms with E-state index >= 15 is 0 Å². The lowest BCUT2D eigenvalue weighted by molar-refractivity contribution is -0.127. The number of aliphatic hydroxyl groups excluding tert-OH is 1. The normalized spacial score (nSPS) is 21.7. The quantitative estimate of drug-likeness (QED) is 0.740. The summed E-state index contributed by atoms with van der Waals surface area (Å²) in [6.07, 6.45) is 1.89. The van der Waals surface area contributed by atoms with E-state index in [2.05, 4.69) is 5.32 Å². The van der Waals surface area contributed by atoms with Gasteiger partial charge >= 0.3 is 0 Å². The van der Waals surface area contributed by atoms with Crippen molar-refractivity contribution in [3.63, 3.8) is 0 Å². The van der Waals surface area contributed by atoms with Gasteiger partial charge in [-0.05, 0) is 40.0 Å². The van der Waals surface area contributed by atoms with Crippen molar-refractivity contribution in [2.45, 2.75) is 45.6 Å². The number of nitrogens with one attached hydrogen (secondary N) is 1. The van der Waals surface area contributed by atoms with Gasteiger partial charge in [0.2, 0.25) is 15.9 Å². The summed E-state index contributed by atoms with van der Waals surface area (Å²) in [7, 11) is -3.23. The molecule has 0 radical (unpaired) electrons. The second kappa shape index (κ2) is 6.87. The smallest absolute Gasteiger partial charge is 0.224 e. The first-order valence-electron chi connectivity index (χ1n) is 7.12. The Hall–Kier alpha value is -0.660. The zero-order valence-corrected chi connectivity index (χ0v) is 13.4. The zero-order valence-electron chi connectivity index (χ0n) is 12.6. The number of carbonyl (C=O) groups is 1. The van der Waals surface area contributed by atoms with Crippen LogP contribution in [0.5, 0.6) is 0 Å². The van der Waals surface area contributed by atoms with Crippen LogP contribution in [0.2, 0.25) is 0 Å². The van der Waals surface area contributed by atoms with E-state index in [-0.39, 0.29) is 30.7 Å². The maximum atomic E-state index is 12.2. The zero-order chi connectivity index (χ0) is 15.4. The van der Waals surface area contributed by atoms with E-state index in [1.165, 1.54) is 4.31 Å². The van der Waals surface area contributed by atoms with Crippen LogP contribution in [0.3, 0.4) is 0 Å². The molecule has 0 aromatic carbocycles. The van der Waals surface area contributed by atoms with Gasteiger partial charge < -0.3 is 10.4 Å². The molecule has 1 heterocycles. The Bertz CT molecular complexity index is 434. The highest BCUT2D eigenvalue weighted by Crippen LogP contribution is 2.21. The summed E-state index contributed by atoms with van der Waals surface area (Å²) in [6, 6.07) is 0. The molecule has 118 valence electrons. The first-order chi connectivity index (χ1) is 9.22. The number of hydrogen-bond donors (Lipinski definition) is 2. The third-order valence-electron chi connectivity index (χ3n) is 3.71. The van der Waals surface area contributed by atoms with Gasteiger partial charge in [-0.2, -0.15) is 0 Å². The van der Waals surface area contributed by atoms with Crippen molar-refractivity contribution < 1.29 is 18.3 Å². The Morgan fingerprint density at radius 1 is 1.45 bits per heavy atom. The molecule has 0 aliphatic carbocycles. The van der Waals surface area contributed by atoms with Gasteiger partial charge in [0.25, 0.3) is 0 Å². The lowest BCUT2D eigenvalue weighted by Gasteiger charge is -2.33. The van der Waals surface area contributed by atoms with E-state index < -0.39 is 15.6 Å². The summed E-state index contributed by atoms with van der Waals surface area (Å²) >= 11 is 0. The minimum absolute atomic E-state index is 0.00822. The molecule has 0 aromatic rings. The van der Waals surface area contributed by atoms with E-state index in [1.54, 1.807) is 6.92 Å². The van der Waals surface area contributed by atoms with Crippen molar-refractivity contribution in [2.75, 3.05) is 25.4 Å². The fourth-order valence-corrected chi connectivity index (χ4v) is 3.55. The molecule has 0 aromatic heterocycles. The third-order valence-corrected chi connectivity index (χ3v) is 5.56. The van der Waals surface area contributed by atoms with Crippen LogP contribution in [0.4, 0.5) is 0 Å². The van der Waals surface area contributed by atoms with Crippen molar-refractivity contribution >= 4 is 15.9 Å². The molecule has 1 amide bonds. The fraction of sp³-hybridized carbons (Fsp3) is 0.923. The van der Waals surface area contributed by atoms with Crippen LogP contribution in [0, 0.1) is 5.92 Å². The molecule has 2 N–H and O–H groups in total. The highest BCUT2D eigenvalue weighted by atomic mass is 32.2. The standard InChI is InChI=1S/C13H26N2O4S/c1-4-20(18,19)15-8-5-6-11(10-15)12(17)14-13(2,3)7-9-16/h11,16H,4-10H2,1-3H3,(H,14,17). The molecule has 1 rings (SSSR count). The molecule has 20 heavy (non-hydrogen) atoms. The Morgan fingerprint density at radius 2 is 2.10 bits per heavy atom. The van der Waals surface area contributed by atoms with E-state index in [9.17, 15) is 13.2 Å². The van der Waals surface area contributed by atoms with Crippen LogP contribution in [0.15, 0.2) is 0 Å². The predicted molar refractivity (Wildman–Crippen MR) is 77.7 cm³/mol. The Kier molecular flexibility index (Phi) is 5.97. The number of nitrogens with zero attached hydrogens (tertiary/aromatic N) is 1. The molecule has 7 heteroatoms. The number of hydrogen-bond acceptors (Lipinski definition) is 4. The van der Waals surface area contributed by atoms with E-state index in [4.69, 9.17) is 5.11 Å². The molecule has 1 unspecified atom stereocenters. The van der Waals surface area contributed by atoms with Crippen LogP contribution in [0.25, 0.3) is 0 Å². The van der Waals surface area contributed by atoms with Crippen molar-refractivity contribution in [3.8, 4) is 0 Å². The second-order valence-electron chi connectivity index (χ2n) is 5.94. The highest BCUT2D eigenvalue weighted by molar-refractivity contribution is 7.89. The van der Waals surface area contributed by atoms with Crippen LogP contribution in [-0.2, 0) is 14.8 Å². The summed E-state index contributed by atoms with van der Waals surface area (Å²) < 4.78 is 25.2. The van der Waals surface area contributed by atoms with E-state index in [1.807, 2.05) is 13.8 Å². The molecule has 1 aliphatic rings. The minimum atomic E-state index is -3.23. The number of piperidine rings is 1. The van der Waals surface area contributed by atoms with Gasteiger partial charge in [0.15, 0.2) is 0 Å². The maximum absolute atomic E-state index is 12.2. The third kappa shape index (κ3) is 4.71. The first kappa shape index (κ1) is 17.4. The average molecular weight is 306 g/mol. The van der Waals surface area contributed by atoms with Crippen molar-refractivity contribution in [1.82, 2.24) is 9.62 Å². The van der Waals surface area contributed by atoms with Gasteiger partial charge in [-0.3, -0.25) is 4.79 Å². The van der Waals surface area contributed by atoms with Crippen molar-refractivity contribution in [2.24, 2.45) is 5.92 Å². The average Bonchev–Trinajstić information content (AvgIpc) is 2.38. The SMILES string of the molecule is CCS(=O)(=O)N1CCCC(C(=O)NC(C)(C)CCO)C1. The lowest BCUT2D eigenvalue weighted by atomic mass is 9.95. The monoisotopic (exact) mass is 306 g/mol. The largest absolute Gasteiger partial charge is 0.396 e. The van der Waals surface area contributed by atoms with E-state index in [0.717, 1.165) is 0 Å². The summed E-state index contributed by atoms with van der Waals surface area (Å²) in [5.74, 6) is -0.361. The maximum Gasteiger partial charge on any atom is 0.224 e. The number of amides is 1. The number of aliphatic hydroxyl groups is 1. The molecular weight excluding hydrogens is 280 g/mol. The molecule has 1 aliphatic heterocycles. The van der Waals surface area contributed by atoms with Crippen LogP contribution in [0.1, 0.15) is 40.0 Å². The van der Waals surface area contributed by atoms with Gasteiger partial charge in [-0.15, -0.1) is 0 Å². The molecule has 1 atom stereocenters. The topological polar surface area (TPSA) is 86.7 Å². The summed E-state index contributed by atoms with van der Waals surface area (Å²) in [6.45, 7) is 6.09. The predicted octanol–water partition coefficient (Wildman–Crippen LogP) is 0.325. The molecule has 0 saturated carbocycles. The van der Waals surface area contributed by atoms with Crippen LogP contribution >= 0.6 is 0 Å². The summed E-state index contributed by atoms with van der Waals surface area (Å²) in [4.78, 5) is 12.2. The van der Waals surface area contributed by atoms with Crippen LogP contribution < -0.4 is 5.32 Å². The van der Waals surface area contributed by atoms with Crippen LogP contribution in [-0.4, -0.2) is 54.7 Å². The molecule has 0 spiro atoms. The van der Waals surface area contributed by atoms with Crippen molar-refractivity contribution in [1.29, 1.82) is 0 Å². The highest BCUT2D eigenvalue weighted by Gasteiger charge is 2.33. The molecular formula is C13H26N2O4S. The number of rotatable bonds is 6. The first-order valence-corrected chi connectivity index (χ1v) is 8.73. The molecule has 0 bridgehead atoms. The van der Waals surface area contributed by atoms with Gasteiger partial charge in [0.05, 0.1) is 11.7 Å². The Balaban J connectivity index is 2.66. The Labute approximate surface area is 121 Å². The number of carbonyl (C=O) groups excluding carboxylic acids is 1. The van der Waals surface area contributed by atoms with Gasteiger partial charge in [0, 0.05) is 25.2 Å². The summed E-state index contributed by atoms with van der Waals surface area (Å²) in [5, 5.41) is 11.9. The summed E-state index contributed by atoms with van der Waals surface area (Å²) in [5.41, 5.74) is -0.474. The van der Waals surface area contributed by atoms with Gasteiger partial charge in [0.1, 0.15) is 0 Å². The Morgan fingerprint density at radius 3 is 2.65 bits per heavy atom. The fourth-order valence-electron chi connectivity index (χ4n) is 2.37. The van der Waals surface area contributed by atoms with Gasteiger partial charge in [-0.1, -0.05) is 0 Å². The number of sulfonamides is 1. The van der Waals surface area contributed by atoms with Gasteiger partial charge in [-0.25, -0.2) is 12.7 Å². The lowest BCUT2D eigenvalue weighted by Crippen LogP contribution is -2.51. The second-order valence-corrected chi connectivity index (χ2v) is 8.20. The van der Waals surface area contributed by atoms with E-state index in [0.29, 0.717) is 25.8 Å². The minimum Gasteiger partial charge on any atom is -0.396 e. The van der Waals surface area contributed by atoms with Crippen molar-refractivity contribution in [3.05, 3.63) is 0 Å². The molecule has 1 saturated heterocycles. The molecule has 6 nitrogen and oxygen atoms in total. The molecule has 1 fully saturated rings.